The Kier molecular flexibility index (Phi) is 6.94. The molecule has 2 aliphatic rings. The number of sulfonamides is 1. The van der Waals surface area contributed by atoms with Gasteiger partial charge in [0.1, 0.15) is 5.69 Å². The summed E-state index contributed by atoms with van der Waals surface area (Å²) in [5, 5.41) is 15.1. The number of ether oxygens (including phenoxy) is 2. The van der Waals surface area contributed by atoms with Gasteiger partial charge in [-0.2, -0.15) is 4.31 Å². The van der Waals surface area contributed by atoms with E-state index in [-0.39, 0.29) is 22.8 Å². The molecular weight excluding hydrogens is 472 g/mol. The molecule has 0 amide bonds. The largest absolute Gasteiger partial charge is 0.489 e. The second kappa shape index (κ2) is 9.72. The summed E-state index contributed by atoms with van der Waals surface area (Å²) in [6, 6.07) is 7.41. The highest BCUT2D eigenvalue weighted by atomic mass is 35.5. The lowest BCUT2D eigenvalue weighted by atomic mass is 10.2. The molecule has 0 aromatic heterocycles. The predicted molar refractivity (Wildman–Crippen MR) is 124 cm³/mol. The fourth-order valence-electron chi connectivity index (χ4n) is 3.73. The first-order valence-electron chi connectivity index (χ1n) is 10.5. The van der Waals surface area contributed by atoms with Gasteiger partial charge in [-0.25, -0.2) is 8.42 Å². The summed E-state index contributed by atoms with van der Waals surface area (Å²) in [4.78, 5) is 13.1. The third-order valence-electron chi connectivity index (χ3n) is 5.61. The van der Waals surface area contributed by atoms with E-state index in [4.69, 9.17) is 21.1 Å². The Bertz CT molecular complexity index is 1150. The van der Waals surface area contributed by atoms with Gasteiger partial charge in [0.2, 0.25) is 10.0 Å². The maximum atomic E-state index is 13.0. The molecule has 12 heteroatoms. The van der Waals surface area contributed by atoms with Crippen molar-refractivity contribution in [3.8, 4) is 11.5 Å². The van der Waals surface area contributed by atoms with Crippen LogP contribution in [0.4, 0.5) is 11.4 Å². The highest BCUT2D eigenvalue weighted by molar-refractivity contribution is 7.89. The van der Waals surface area contributed by atoms with Crippen LogP contribution in [0.2, 0.25) is 5.02 Å². The Morgan fingerprint density at radius 1 is 1.12 bits per heavy atom. The summed E-state index contributed by atoms with van der Waals surface area (Å²) >= 11 is 6.32. The van der Waals surface area contributed by atoms with Gasteiger partial charge in [-0.1, -0.05) is 11.6 Å². The lowest BCUT2D eigenvalue weighted by Gasteiger charge is -2.31. The van der Waals surface area contributed by atoms with Crippen molar-refractivity contribution < 1.29 is 22.8 Å². The first kappa shape index (κ1) is 23.6. The molecule has 0 spiro atoms. The van der Waals surface area contributed by atoms with Gasteiger partial charge < -0.3 is 19.7 Å². The molecule has 178 valence electrons. The number of fused-ring (bicyclic) bond motifs is 1. The standard InChI is InChI=1S/C21H25ClN4O6S/c1-24-5-7-25(8-6-24)33(29,30)16-3-4-18(19(13-16)26(27)28)23-14-15-11-17(22)21-20(12-15)31-9-2-10-32-21/h3-4,11-13,23H,2,5-10,14H2,1H3. The van der Waals surface area contributed by atoms with E-state index in [1.807, 2.05) is 11.9 Å². The van der Waals surface area contributed by atoms with Gasteiger partial charge in [-0.15, -0.1) is 0 Å². The number of hydrogen-bond acceptors (Lipinski definition) is 8. The maximum absolute atomic E-state index is 13.0. The summed E-state index contributed by atoms with van der Waals surface area (Å²) in [7, 11) is -1.90. The third-order valence-corrected chi connectivity index (χ3v) is 7.79. The summed E-state index contributed by atoms with van der Waals surface area (Å²) in [5.41, 5.74) is 0.638. The van der Waals surface area contributed by atoms with Crippen LogP contribution in [0.15, 0.2) is 35.2 Å². The van der Waals surface area contributed by atoms with Crippen LogP contribution in [0.3, 0.4) is 0 Å². The van der Waals surface area contributed by atoms with Gasteiger partial charge in [0.05, 0.1) is 28.1 Å². The molecule has 4 rings (SSSR count). The summed E-state index contributed by atoms with van der Waals surface area (Å²) < 4.78 is 38.6. The van der Waals surface area contributed by atoms with Crippen LogP contribution in [-0.4, -0.2) is 69.0 Å². The van der Waals surface area contributed by atoms with Crippen LogP contribution < -0.4 is 14.8 Å². The van der Waals surface area contributed by atoms with Crippen LogP contribution in [0.25, 0.3) is 0 Å². The summed E-state index contributed by atoms with van der Waals surface area (Å²) in [6.07, 6.45) is 0.744. The monoisotopic (exact) mass is 496 g/mol. The summed E-state index contributed by atoms with van der Waals surface area (Å²) in [5.74, 6) is 1.02. The number of nitrogens with zero attached hydrogens (tertiary/aromatic N) is 3. The van der Waals surface area contributed by atoms with E-state index < -0.39 is 14.9 Å². The first-order chi connectivity index (χ1) is 15.8. The smallest absolute Gasteiger partial charge is 0.293 e. The molecule has 33 heavy (non-hydrogen) atoms. The number of nitro benzene ring substituents is 1. The number of nitro groups is 1. The zero-order chi connectivity index (χ0) is 23.6. The molecule has 0 saturated carbocycles. The number of nitrogens with one attached hydrogen (secondary N) is 1. The van der Waals surface area contributed by atoms with Crippen LogP contribution in [-0.2, 0) is 16.6 Å². The fourth-order valence-corrected chi connectivity index (χ4v) is 5.46. The van der Waals surface area contributed by atoms with Gasteiger partial charge in [-0.05, 0) is 36.9 Å². The normalized spacial score (nSPS) is 17.4. The molecule has 0 unspecified atom stereocenters. The molecule has 0 atom stereocenters. The van der Waals surface area contributed by atoms with Gasteiger partial charge in [-0.3, -0.25) is 10.1 Å². The second-order valence-corrected chi connectivity index (χ2v) is 10.3. The van der Waals surface area contributed by atoms with Crippen molar-refractivity contribution in [1.82, 2.24) is 9.21 Å². The molecule has 2 aromatic rings. The van der Waals surface area contributed by atoms with E-state index in [9.17, 15) is 18.5 Å². The Labute approximate surface area is 197 Å². The molecule has 0 bridgehead atoms. The number of piperazine rings is 1. The minimum absolute atomic E-state index is 0.0945. The van der Waals surface area contributed by atoms with Gasteiger partial charge in [0.25, 0.3) is 5.69 Å². The van der Waals surface area contributed by atoms with Crippen molar-refractivity contribution in [2.75, 3.05) is 51.8 Å². The number of halogens is 1. The number of benzene rings is 2. The highest BCUT2D eigenvalue weighted by Crippen LogP contribution is 2.38. The Hall–Kier alpha value is -2.60. The lowest BCUT2D eigenvalue weighted by molar-refractivity contribution is -0.384. The van der Waals surface area contributed by atoms with E-state index in [2.05, 4.69) is 5.32 Å². The molecule has 1 saturated heterocycles. The molecular formula is C21H25ClN4O6S. The van der Waals surface area contributed by atoms with Gasteiger partial charge >= 0.3 is 0 Å². The predicted octanol–water partition coefficient (Wildman–Crippen LogP) is 2.96. The zero-order valence-corrected chi connectivity index (χ0v) is 19.7. The van der Waals surface area contributed by atoms with Crippen LogP contribution in [0.5, 0.6) is 11.5 Å². The second-order valence-electron chi connectivity index (χ2n) is 7.95. The molecule has 1 fully saturated rings. The minimum Gasteiger partial charge on any atom is -0.489 e. The van der Waals surface area contributed by atoms with Crippen LogP contribution in [0, 0.1) is 10.1 Å². The number of anilines is 1. The molecule has 10 nitrogen and oxygen atoms in total. The van der Waals surface area contributed by atoms with E-state index in [1.165, 1.54) is 16.4 Å². The summed E-state index contributed by atoms with van der Waals surface area (Å²) in [6.45, 7) is 3.16. The van der Waals surface area contributed by atoms with Crippen molar-refractivity contribution in [1.29, 1.82) is 0 Å². The molecule has 2 aliphatic heterocycles. The maximum Gasteiger partial charge on any atom is 0.293 e. The minimum atomic E-state index is -3.82. The topological polar surface area (TPSA) is 114 Å². The molecule has 0 aliphatic carbocycles. The average molecular weight is 497 g/mol. The average Bonchev–Trinajstić information content (AvgIpc) is 3.04. The van der Waals surface area contributed by atoms with Crippen molar-refractivity contribution in [3.05, 3.63) is 51.0 Å². The third kappa shape index (κ3) is 5.16. The van der Waals surface area contributed by atoms with E-state index in [1.54, 1.807) is 12.1 Å². The van der Waals surface area contributed by atoms with Crippen molar-refractivity contribution in [3.63, 3.8) is 0 Å². The lowest BCUT2D eigenvalue weighted by Crippen LogP contribution is -2.47. The molecule has 2 heterocycles. The number of rotatable bonds is 6. The molecule has 2 aromatic carbocycles. The Morgan fingerprint density at radius 2 is 1.85 bits per heavy atom. The van der Waals surface area contributed by atoms with Crippen LogP contribution >= 0.6 is 11.6 Å². The van der Waals surface area contributed by atoms with Gasteiger partial charge in [0, 0.05) is 45.2 Å². The fraction of sp³-hybridized carbons (Fsp3) is 0.429. The van der Waals surface area contributed by atoms with Crippen molar-refractivity contribution in [2.24, 2.45) is 0 Å². The van der Waals surface area contributed by atoms with E-state index in [0.29, 0.717) is 55.9 Å². The van der Waals surface area contributed by atoms with Crippen LogP contribution in [0.1, 0.15) is 12.0 Å². The SMILES string of the molecule is CN1CCN(S(=O)(=O)c2ccc(NCc3cc(Cl)c4c(c3)OCCCO4)c([N+](=O)[O-])c2)CC1. The van der Waals surface area contributed by atoms with Crippen molar-refractivity contribution in [2.45, 2.75) is 17.9 Å². The van der Waals surface area contributed by atoms with E-state index >= 15 is 0 Å². The van der Waals surface area contributed by atoms with Crippen molar-refractivity contribution >= 4 is 33.0 Å². The number of hydrogen-bond donors (Lipinski definition) is 1. The molecule has 0 radical (unpaired) electrons. The highest BCUT2D eigenvalue weighted by Gasteiger charge is 2.29. The Balaban J connectivity index is 1.55. The quantitative estimate of drug-likeness (QED) is 0.479. The van der Waals surface area contributed by atoms with Gasteiger partial charge in [0.15, 0.2) is 11.5 Å². The number of likely N-dealkylation sites (N-methyl/N-ethyl adjacent to an activating group) is 1. The zero-order valence-electron chi connectivity index (χ0n) is 18.1. The first-order valence-corrected chi connectivity index (χ1v) is 12.4. The van der Waals surface area contributed by atoms with E-state index in [0.717, 1.165) is 18.1 Å². The molecule has 1 N–H and O–H groups in total. The Morgan fingerprint density at radius 3 is 2.58 bits per heavy atom.